The van der Waals surface area contributed by atoms with Crippen molar-refractivity contribution in [3.8, 4) is 0 Å². The van der Waals surface area contributed by atoms with E-state index in [2.05, 4.69) is 15.0 Å². The number of nitrogens with zero attached hydrogens (tertiary/aromatic N) is 4. The summed E-state index contributed by atoms with van der Waals surface area (Å²) in [4.78, 5) is 21.9. The molecule has 29 heavy (non-hydrogen) atoms. The predicted octanol–water partition coefficient (Wildman–Crippen LogP) is 0.537. The minimum Gasteiger partial charge on any atom is -0.387 e. The Morgan fingerprint density at radius 2 is 2.07 bits per heavy atom. The van der Waals surface area contributed by atoms with Gasteiger partial charge in [-0.05, 0) is 18.1 Å². The van der Waals surface area contributed by atoms with E-state index in [1.807, 2.05) is 0 Å². The van der Waals surface area contributed by atoms with Crippen LogP contribution in [-0.4, -0.2) is 79.1 Å². The molecule has 1 saturated heterocycles. The zero-order chi connectivity index (χ0) is 21.6. The van der Waals surface area contributed by atoms with E-state index in [-0.39, 0.29) is 12.4 Å². The fourth-order valence-electron chi connectivity index (χ4n) is 2.80. The van der Waals surface area contributed by atoms with E-state index in [1.165, 1.54) is 29.3 Å². The van der Waals surface area contributed by atoms with Crippen LogP contribution >= 0.6 is 25.8 Å². The molecular weight excluding hydrogens is 464 g/mol. The topological polar surface area (TPSA) is 175 Å². The standard InChI is InChI=1S/C13H21N5O7P2S2/c1-26(21,22)25-27(2,28)23-4-6-8(19)9(20)12(24-6)18-5-15-7-10(14)16-13(29-3)17-11(7)18/h5-6,8-9,12,19-20H,4H2,1-3H3,(H,21,22)(H2,14,16,17)/t6-,8?,9+,12-,27?/m1/s1. The maximum absolute atomic E-state index is 11.4. The summed E-state index contributed by atoms with van der Waals surface area (Å²) >= 11 is 6.38. The lowest BCUT2D eigenvalue weighted by atomic mass is 10.1. The van der Waals surface area contributed by atoms with E-state index < -0.39 is 38.6 Å². The number of ether oxygens (including phenoxy) is 1. The zero-order valence-corrected chi connectivity index (χ0v) is 19.1. The lowest BCUT2D eigenvalue weighted by molar-refractivity contribution is -0.0471. The monoisotopic (exact) mass is 485 g/mol. The number of aliphatic hydroxyl groups excluding tert-OH is 2. The van der Waals surface area contributed by atoms with Crippen LogP contribution in [0.3, 0.4) is 0 Å². The highest BCUT2D eigenvalue weighted by molar-refractivity contribution is 8.11. The number of thioether (sulfide) groups is 1. The van der Waals surface area contributed by atoms with Crippen LogP contribution in [0.5, 0.6) is 0 Å². The number of imidazole rings is 1. The third-order valence-electron chi connectivity index (χ3n) is 3.99. The van der Waals surface area contributed by atoms with Gasteiger partial charge in [-0.3, -0.25) is 13.4 Å². The highest BCUT2D eigenvalue weighted by atomic mass is 32.5. The first-order valence-electron chi connectivity index (χ1n) is 8.21. The second-order valence-electron chi connectivity index (χ2n) is 6.42. The Morgan fingerprint density at radius 1 is 1.38 bits per heavy atom. The normalized spacial score (nSPS) is 29.0. The number of aromatic nitrogens is 4. The lowest BCUT2D eigenvalue weighted by Crippen LogP contribution is -2.33. The quantitative estimate of drug-likeness (QED) is 0.243. The fourth-order valence-corrected chi connectivity index (χ4v) is 7.27. The molecule has 3 unspecified atom stereocenters. The van der Waals surface area contributed by atoms with Crippen LogP contribution in [0.1, 0.15) is 6.23 Å². The molecule has 0 saturated carbocycles. The number of anilines is 1. The molecule has 1 aliphatic heterocycles. The number of nitrogen functional groups attached to an aromatic ring is 1. The molecule has 3 rings (SSSR count). The van der Waals surface area contributed by atoms with Gasteiger partial charge in [0.05, 0.1) is 12.9 Å². The van der Waals surface area contributed by atoms with Crippen LogP contribution in [0.15, 0.2) is 11.5 Å². The summed E-state index contributed by atoms with van der Waals surface area (Å²) in [5, 5.41) is 21.3. The molecule has 12 nitrogen and oxygen atoms in total. The van der Waals surface area contributed by atoms with E-state index in [4.69, 9.17) is 31.1 Å². The summed E-state index contributed by atoms with van der Waals surface area (Å²) in [5.41, 5.74) is 6.58. The Balaban J connectivity index is 1.80. The van der Waals surface area contributed by atoms with E-state index in [0.717, 1.165) is 6.66 Å². The van der Waals surface area contributed by atoms with Gasteiger partial charge in [-0.1, -0.05) is 11.8 Å². The van der Waals surface area contributed by atoms with Crippen molar-refractivity contribution < 1.29 is 33.2 Å². The molecule has 2 aromatic heterocycles. The molecule has 2 aromatic rings. The predicted molar refractivity (Wildman–Crippen MR) is 110 cm³/mol. The van der Waals surface area contributed by atoms with Gasteiger partial charge in [-0.2, -0.15) is 0 Å². The number of hydrogen-bond acceptors (Lipinski definition) is 12. The van der Waals surface area contributed by atoms with Gasteiger partial charge < -0.3 is 30.1 Å². The molecule has 0 bridgehead atoms. The van der Waals surface area contributed by atoms with Crippen LogP contribution in [0.4, 0.5) is 5.82 Å². The Labute approximate surface area is 175 Å². The summed E-state index contributed by atoms with van der Waals surface area (Å²) in [7, 11) is -3.84. The first kappa shape index (κ1) is 23.0. The third-order valence-corrected chi connectivity index (χ3v) is 8.48. The SMILES string of the molecule is CSc1nc(N)c2ncn([C@@H]3O[C@H](COP(C)(=S)OP(C)(=O)O)C(O)[C@@H]3O)c2n1. The molecule has 0 spiro atoms. The van der Waals surface area contributed by atoms with Crippen LogP contribution in [0.25, 0.3) is 11.2 Å². The molecule has 0 amide bonds. The van der Waals surface area contributed by atoms with Gasteiger partial charge in [0.2, 0.25) is 0 Å². The van der Waals surface area contributed by atoms with Crippen molar-refractivity contribution in [2.24, 2.45) is 0 Å². The van der Waals surface area contributed by atoms with E-state index in [0.29, 0.717) is 16.3 Å². The van der Waals surface area contributed by atoms with Crippen LogP contribution < -0.4 is 5.73 Å². The second-order valence-corrected chi connectivity index (χ2v) is 13.2. The summed E-state index contributed by atoms with van der Waals surface area (Å²) in [6.07, 6.45) is -1.44. The largest absolute Gasteiger partial charge is 0.387 e. The maximum Gasteiger partial charge on any atom is 0.330 e. The number of hydrogen-bond donors (Lipinski definition) is 4. The van der Waals surface area contributed by atoms with Crippen molar-refractivity contribution in [3.63, 3.8) is 0 Å². The van der Waals surface area contributed by atoms with Gasteiger partial charge >= 0.3 is 7.60 Å². The molecule has 5 N–H and O–H groups in total. The van der Waals surface area contributed by atoms with Gasteiger partial charge in [0.15, 0.2) is 29.3 Å². The molecule has 3 heterocycles. The Kier molecular flexibility index (Phi) is 6.72. The first-order valence-corrected chi connectivity index (χ1v) is 14.5. The van der Waals surface area contributed by atoms with E-state index in [9.17, 15) is 19.7 Å². The Morgan fingerprint density at radius 3 is 2.69 bits per heavy atom. The van der Waals surface area contributed by atoms with Gasteiger partial charge in [0, 0.05) is 13.3 Å². The van der Waals surface area contributed by atoms with Gasteiger partial charge in [-0.15, -0.1) is 0 Å². The number of rotatable bonds is 7. The van der Waals surface area contributed by atoms with Crippen LogP contribution in [0.2, 0.25) is 0 Å². The molecule has 0 aromatic carbocycles. The molecule has 1 aliphatic rings. The van der Waals surface area contributed by atoms with Crippen LogP contribution in [0, 0.1) is 0 Å². The molecule has 1 fully saturated rings. The van der Waals surface area contributed by atoms with Crippen molar-refractivity contribution in [2.45, 2.75) is 29.7 Å². The molecule has 6 atom stereocenters. The molecule has 0 radical (unpaired) electrons. The van der Waals surface area contributed by atoms with Crippen molar-refractivity contribution >= 4 is 54.6 Å². The van der Waals surface area contributed by atoms with Crippen molar-refractivity contribution in [2.75, 3.05) is 31.9 Å². The second kappa shape index (κ2) is 8.46. The van der Waals surface area contributed by atoms with Gasteiger partial charge in [0.1, 0.15) is 23.8 Å². The Bertz CT molecular complexity index is 1000. The zero-order valence-electron chi connectivity index (χ0n) is 15.6. The van der Waals surface area contributed by atoms with Gasteiger partial charge in [0.25, 0.3) is 0 Å². The number of fused-ring (bicyclic) bond motifs is 1. The molecule has 0 aliphatic carbocycles. The fraction of sp³-hybridized carbons (Fsp3) is 0.615. The van der Waals surface area contributed by atoms with Gasteiger partial charge in [-0.25, -0.2) is 15.0 Å². The lowest BCUT2D eigenvalue weighted by Gasteiger charge is -2.22. The highest BCUT2D eigenvalue weighted by Gasteiger charge is 2.45. The highest BCUT2D eigenvalue weighted by Crippen LogP contribution is 2.58. The maximum atomic E-state index is 11.4. The van der Waals surface area contributed by atoms with Crippen molar-refractivity contribution in [3.05, 3.63) is 6.33 Å². The smallest absolute Gasteiger partial charge is 0.330 e. The summed E-state index contributed by atoms with van der Waals surface area (Å²) < 4.78 is 28.9. The average Bonchev–Trinajstić information content (AvgIpc) is 3.13. The first-order chi connectivity index (χ1) is 13.4. The van der Waals surface area contributed by atoms with E-state index in [1.54, 1.807) is 6.26 Å². The average molecular weight is 485 g/mol. The summed E-state index contributed by atoms with van der Waals surface area (Å²) in [6, 6.07) is 0. The molecular formula is C13H21N5O7P2S2. The van der Waals surface area contributed by atoms with Crippen molar-refractivity contribution in [1.82, 2.24) is 19.5 Å². The number of aliphatic hydroxyl groups is 2. The summed E-state index contributed by atoms with van der Waals surface area (Å²) in [6.45, 7) is -0.920. The van der Waals surface area contributed by atoms with Crippen molar-refractivity contribution in [1.29, 1.82) is 0 Å². The number of nitrogens with two attached hydrogens (primary N) is 1. The van der Waals surface area contributed by atoms with Crippen LogP contribution in [-0.2, 0) is 29.9 Å². The summed E-state index contributed by atoms with van der Waals surface area (Å²) in [5.74, 6) is 0.183. The van der Waals surface area contributed by atoms with E-state index >= 15 is 0 Å². The minimum atomic E-state index is -3.84. The Hall–Kier alpha value is -0.660. The minimum absolute atomic E-state index is 0.183. The third kappa shape index (κ3) is 5.16. The molecule has 16 heteroatoms. The molecule has 162 valence electrons.